The number of aliphatic hydroxyl groups excluding tert-OH is 1. The van der Waals surface area contributed by atoms with Crippen LogP contribution in [0.5, 0.6) is 0 Å². The van der Waals surface area contributed by atoms with Crippen LogP contribution in [0.15, 0.2) is 18.2 Å². The molecule has 4 rings (SSSR count). The van der Waals surface area contributed by atoms with Crippen LogP contribution in [0.1, 0.15) is 78.1 Å². The molecule has 30 heavy (non-hydrogen) atoms. The molecule has 160 valence electrons. The molecule has 0 atom stereocenters. The van der Waals surface area contributed by atoms with Gasteiger partial charge in [-0.2, -0.15) is 5.10 Å². The number of aryl methyl sites for hydroxylation is 1. The summed E-state index contributed by atoms with van der Waals surface area (Å²) >= 11 is 0. The first-order chi connectivity index (χ1) is 14.1. The van der Waals surface area contributed by atoms with E-state index in [1.165, 1.54) is 0 Å². The monoisotopic (exact) mass is 410 g/mol. The molecule has 0 bridgehead atoms. The van der Waals surface area contributed by atoms with Crippen LogP contribution in [-0.4, -0.2) is 38.7 Å². The number of amides is 1. The molecule has 4 N–H and O–H groups in total. The molecule has 0 saturated heterocycles. The number of carbonyl (C=O) groups excluding carboxylic acids is 2. The highest BCUT2D eigenvalue weighted by molar-refractivity contribution is 6.00. The van der Waals surface area contributed by atoms with Crippen LogP contribution in [0.3, 0.4) is 0 Å². The number of primary amides is 1. The zero-order chi connectivity index (χ0) is 21.6. The lowest BCUT2D eigenvalue weighted by molar-refractivity contribution is 0.0909. The van der Waals surface area contributed by atoms with Crippen molar-refractivity contribution < 1.29 is 14.7 Å². The number of nitrogens with zero attached hydrogens (tertiary/aromatic N) is 2. The molecule has 0 spiro atoms. The van der Waals surface area contributed by atoms with E-state index in [4.69, 9.17) is 5.73 Å². The number of aliphatic hydroxyl groups is 1. The number of hydrogen-bond acceptors (Lipinski definition) is 5. The highest BCUT2D eigenvalue weighted by Gasteiger charge is 2.35. The number of carbonyl (C=O) groups is 2. The van der Waals surface area contributed by atoms with Gasteiger partial charge < -0.3 is 16.2 Å². The second kappa shape index (κ2) is 7.54. The quantitative estimate of drug-likeness (QED) is 0.717. The number of fused-ring (bicyclic) bond motifs is 1. The van der Waals surface area contributed by atoms with Crippen LogP contribution in [0, 0.1) is 12.3 Å². The Morgan fingerprint density at radius 2 is 1.93 bits per heavy atom. The molecule has 2 aliphatic rings. The third-order valence-corrected chi connectivity index (χ3v) is 6.29. The standard InChI is InChI=1S/C23H30N4O3/c1-13-21-19(11-23(2,3)12-20(21)29)27(26-13)15-6-9-17(22(24)30)18(10-15)25-14-4-7-16(28)8-5-14/h6,9-10,14,16,25,28H,4-5,7-8,11-12H2,1-3H3,(H2,24,30). The lowest BCUT2D eigenvalue weighted by atomic mass is 9.75. The van der Waals surface area contributed by atoms with Crippen LogP contribution >= 0.6 is 0 Å². The minimum Gasteiger partial charge on any atom is -0.393 e. The summed E-state index contributed by atoms with van der Waals surface area (Å²) in [7, 11) is 0. The van der Waals surface area contributed by atoms with Gasteiger partial charge in [0.1, 0.15) is 0 Å². The molecule has 0 unspecified atom stereocenters. The van der Waals surface area contributed by atoms with Crippen LogP contribution in [0.25, 0.3) is 5.69 Å². The van der Waals surface area contributed by atoms with Gasteiger partial charge in [0.25, 0.3) is 5.91 Å². The third-order valence-electron chi connectivity index (χ3n) is 6.29. The van der Waals surface area contributed by atoms with E-state index >= 15 is 0 Å². The highest BCUT2D eigenvalue weighted by Crippen LogP contribution is 2.37. The molecule has 1 aromatic carbocycles. The van der Waals surface area contributed by atoms with Crippen molar-refractivity contribution in [2.75, 3.05) is 5.32 Å². The number of ketones is 1. The Hall–Kier alpha value is -2.67. The summed E-state index contributed by atoms with van der Waals surface area (Å²) in [6.07, 6.45) is 4.19. The molecule has 0 radical (unpaired) electrons. The van der Waals surface area contributed by atoms with E-state index in [2.05, 4.69) is 24.3 Å². The fraction of sp³-hybridized carbons (Fsp3) is 0.522. The van der Waals surface area contributed by atoms with Crippen molar-refractivity contribution in [3.05, 3.63) is 40.7 Å². The van der Waals surface area contributed by atoms with Crippen molar-refractivity contribution >= 4 is 17.4 Å². The molecular formula is C23H30N4O3. The van der Waals surface area contributed by atoms with Crippen molar-refractivity contribution in [3.63, 3.8) is 0 Å². The van der Waals surface area contributed by atoms with E-state index in [0.29, 0.717) is 17.7 Å². The van der Waals surface area contributed by atoms with Crippen LogP contribution < -0.4 is 11.1 Å². The Balaban J connectivity index is 1.73. The summed E-state index contributed by atoms with van der Waals surface area (Å²) in [6.45, 7) is 6.07. The Kier molecular flexibility index (Phi) is 5.18. The fourth-order valence-corrected chi connectivity index (χ4v) is 4.79. The van der Waals surface area contributed by atoms with Gasteiger partial charge >= 0.3 is 0 Å². The molecule has 1 saturated carbocycles. The van der Waals surface area contributed by atoms with Crippen LogP contribution in [0.2, 0.25) is 0 Å². The topological polar surface area (TPSA) is 110 Å². The van der Waals surface area contributed by atoms with Crippen LogP contribution in [0.4, 0.5) is 5.69 Å². The summed E-state index contributed by atoms with van der Waals surface area (Å²) in [5.74, 6) is -0.354. The van der Waals surface area contributed by atoms with Gasteiger partial charge in [0.2, 0.25) is 0 Å². The van der Waals surface area contributed by atoms with Gasteiger partial charge in [0, 0.05) is 18.2 Å². The summed E-state index contributed by atoms with van der Waals surface area (Å²) in [5.41, 5.74) is 9.78. The predicted molar refractivity (Wildman–Crippen MR) is 115 cm³/mol. The van der Waals surface area contributed by atoms with Gasteiger partial charge in [-0.1, -0.05) is 13.8 Å². The molecule has 2 aromatic rings. The minimum atomic E-state index is -0.491. The SMILES string of the molecule is Cc1nn(-c2ccc(C(N)=O)c(NC3CCC(O)CC3)c2)c2c1C(=O)CC(C)(C)C2. The van der Waals surface area contributed by atoms with Crippen LogP contribution in [-0.2, 0) is 6.42 Å². The Morgan fingerprint density at radius 1 is 1.23 bits per heavy atom. The number of nitrogens with one attached hydrogen (secondary N) is 1. The molecule has 1 heterocycles. The minimum absolute atomic E-state index is 0.120. The fourth-order valence-electron chi connectivity index (χ4n) is 4.79. The number of aromatic nitrogens is 2. The van der Waals surface area contributed by atoms with Gasteiger partial charge in [-0.3, -0.25) is 9.59 Å². The van der Waals surface area contributed by atoms with E-state index in [-0.39, 0.29) is 23.3 Å². The summed E-state index contributed by atoms with van der Waals surface area (Å²) < 4.78 is 1.84. The van der Waals surface area contributed by atoms with Crippen molar-refractivity contribution in [2.45, 2.75) is 71.4 Å². The second-order valence-electron chi connectivity index (χ2n) is 9.50. The maximum Gasteiger partial charge on any atom is 0.250 e. The lowest BCUT2D eigenvalue weighted by Crippen LogP contribution is -2.29. The van der Waals surface area contributed by atoms with Gasteiger partial charge in [-0.15, -0.1) is 0 Å². The maximum atomic E-state index is 12.7. The Bertz CT molecular complexity index is 1000. The van der Waals surface area contributed by atoms with E-state index in [1.807, 2.05) is 23.7 Å². The van der Waals surface area contributed by atoms with Gasteiger partial charge in [0.05, 0.1) is 34.3 Å². The Morgan fingerprint density at radius 3 is 2.60 bits per heavy atom. The van der Waals surface area contributed by atoms with Crippen molar-refractivity contribution in [1.82, 2.24) is 9.78 Å². The normalized spacial score (nSPS) is 23.1. The van der Waals surface area contributed by atoms with E-state index < -0.39 is 5.91 Å². The average molecular weight is 411 g/mol. The molecule has 1 aromatic heterocycles. The third kappa shape index (κ3) is 3.86. The number of hydrogen-bond donors (Lipinski definition) is 3. The van der Waals surface area contributed by atoms with Gasteiger partial charge in [-0.25, -0.2) is 4.68 Å². The van der Waals surface area contributed by atoms with E-state index in [0.717, 1.165) is 54.7 Å². The molecular weight excluding hydrogens is 380 g/mol. The molecule has 7 heteroatoms. The summed E-state index contributed by atoms with van der Waals surface area (Å²) in [6, 6.07) is 5.62. The first-order valence-electron chi connectivity index (χ1n) is 10.6. The zero-order valence-electron chi connectivity index (χ0n) is 17.9. The largest absolute Gasteiger partial charge is 0.393 e. The summed E-state index contributed by atoms with van der Waals surface area (Å²) in [4.78, 5) is 24.7. The number of nitrogens with two attached hydrogens (primary N) is 1. The zero-order valence-corrected chi connectivity index (χ0v) is 17.9. The molecule has 0 aliphatic heterocycles. The molecule has 1 fully saturated rings. The summed E-state index contributed by atoms with van der Waals surface area (Å²) in [5, 5.41) is 17.9. The molecule has 7 nitrogen and oxygen atoms in total. The second-order valence-corrected chi connectivity index (χ2v) is 9.50. The van der Waals surface area contributed by atoms with Crippen molar-refractivity contribution in [1.29, 1.82) is 0 Å². The van der Waals surface area contributed by atoms with E-state index in [9.17, 15) is 14.7 Å². The lowest BCUT2D eigenvalue weighted by Gasteiger charge is -2.29. The van der Waals surface area contributed by atoms with E-state index in [1.54, 1.807) is 6.07 Å². The first kappa shape index (κ1) is 20.6. The number of rotatable bonds is 4. The highest BCUT2D eigenvalue weighted by atomic mass is 16.3. The Labute approximate surface area is 176 Å². The predicted octanol–water partition coefficient (Wildman–Crippen LogP) is 3.15. The van der Waals surface area contributed by atoms with Crippen molar-refractivity contribution in [3.8, 4) is 5.69 Å². The van der Waals surface area contributed by atoms with Gasteiger partial charge in [0.15, 0.2) is 5.78 Å². The average Bonchev–Trinajstić information content (AvgIpc) is 2.98. The van der Waals surface area contributed by atoms with Gasteiger partial charge in [-0.05, 0) is 62.6 Å². The number of anilines is 1. The number of benzene rings is 1. The number of Topliss-reactive ketones (excluding diaryl/α,β-unsaturated/α-hetero) is 1. The van der Waals surface area contributed by atoms with Crippen molar-refractivity contribution in [2.24, 2.45) is 11.1 Å². The smallest absolute Gasteiger partial charge is 0.250 e. The molecule has 1 amide bonds. The maximum absolute atomic E-state index is 12.7. The molecule has 2 aliphatic carbocycles. The first-order valence-corrected chi connectivity index (χ1v) is 10.6.